The zero-order valence-electron chi connectivity index (χ0n) is 10.6. The molecule has 0 bridgehead atoms. The SMILES string of the molecule is Cc1cc(Br)c(NC2CCc3cccnc32)cc1Cl. The van der Waals surface area contributed by atoms with Crippen molar-refractivity contribution >= 4 is 33.2 Å². The van der Waals surface area contributed by atoms with E-state index in [9.17, 15) is 0 Å². The van der Waals surface area contributed by atoms with Gasteiger partial charge in [-0.25, -0.2) is 0 Å². The molecule has 0 radical (unpaired) electrons. The molecular weight excluding hydrogens is 324 g/mol. The fraction of sp³-hybridized carbons (Fsp3) is 0.267. The number of hydrogen-bond acceptors (Lipinski definition) is 2. The van der Waals surface area contributed by atoms with E-state index >= 15 is 0 Å². The van der Waals surface area contributed by atoms with Crippen molar-refractivity contribution in [1.82, 2.24) is 4.98 Å². The Hall–Kier alpha value is -1.06. The molecule has 0 amide bonds. The number of anilines is 1. The van der Waals surface area contributed by atoms with Gasteiger partial charge in [0.25, 0.3) is 0 Å². The molecule has 1 aromatic carbocycles. The molecule has 1 aliphatic carbocycles. The smallest absolute Gasteiger partial charge is 0.0691 e. The Morgan fingerprint density at radius 1 is 1.42 bits per heavy atom. The summed E-state index contributed by atoms with van der Waals surface area (Å²) in [6.45, 7) is 2.00. The van der Waals surface area contributed by atoms with Crippen LogP contribution >= 0.6 is 27.5 Å². The number of aryl methyl sites for hydroxylation is 2. The third-order valence-corrected chi connectivity index (χ3v) is 4.60. The summed E-state index contributed by atoms with van der Waals surface area (Å²) in [5, 5.41) is 4.32. The Labute approximate surface area is 126 Å². The predicted octanol–water partition coefficient (Wildman–Crippen LogP) is 4.91. The van der Waals surface area contributed by atoms with Crippen molar-refractivity contribution in [2.24, 2.45) is 0 Å². The van der Waals surface area contributed by atoms with Gasteiger partial charge in [0.1, 0.15) is 0 Å². The van der Waals surface area contributed by atoms with E-state index in [0.717, 1.165) is 39.3 Å². The molecule has 1 heterocycles. The van der Waals surface area contributed by atoms with Gasteiger partial charge in [-0.3, -0.25) is 4.98 Å². The lowest BCUT2D eigenvalue weighted by Gasteiger charge is -2.17. The Morgan fingerprint density at radius 2 is 2.26 bits per heavy atom. The van der Waals surface area contributed by atoms with E-state index in [1.54, 1.807) is 0 Å². The lowest BCUT2D eigenvalue weighted by atomic mass is 10.2. The zero-order valence-corrected chi connectivity index (χ0v) is 12.9. The van der Waals surface area contributed by atoms with Crippen LogP contribution in [0.3, 0.4) is 0 Å². The number of fused-ring (bicyclic) bond motifs is 1. The van der Waals surface area contributed by atoms with Gasteiger partial charge in [0.05, 0.1) is 17.4 Å². The van der Waals surface area contributed by atoms with E-state index in [2.05, 4.69) is 32.3 Å². The molecule has 0 saturated carbocycles. The summed E-state index contributed by atoms with van der Waals surface area (Å²) in [6.07, 6.45) is 4.01. The zero-order chi connectivity index (χ0) is 13.4. The minimum atomic E-state index is 0.270. The first kappa shape index (κ1) is 12.9. The van der Waals surface area contributed by atoms with E-state index in [1.165, 1.54) is 5.56 Å². The molecule has 0 spiro atoms. The van der Waals surface area contributed by atoms with Crippen molar-refractivity contribution in [3.8, 4) is 0 Å². The van der Waals surface area contributed by atoms with Crippen LogP contribution < -0.4 is 5.32 Å². The average molecular weight is 338 g/mol. The number of halogens is 2. The molecule has 1 aliphatic rings. The normalized spacial score (nSPS) is 17.3. The summed E-state index contributed by atoms with van der Waals surface area (Å²) < 4.78 is 1.04. The highest BCUT2D eigenvalue weighted by atomic mass is 79.9. The summed E-state index contributed by atoms with van der Waals surface area (Å²) in [5.74, 6) is 0. The van der Waals surface area contributed by atoms with Gasteiger partial charge in [-0.15, -0.1) is 0 Å². The highest BCUT2D eigenvalue weighted by Crippen LogP contribution is 2.36. The van der Waals surface area contributed by atoms with Gasteiger partial charge in [0, 0.05) is 15.7 Å². The van der Waals surface area contributed by atoms with Crippen molar-refractivity contribution in [2.75, 3.05) is 5.32 Å². The number of nitrogens with zero attached hydrogens (tertiary/aromatic N) is 1. The van der Waals surface area contributed by atoms with Crippen LogP contribution in [-0.2, 0) is 6.42 Å². The summed E-state index contributed by atoms with van der Waals surface area (Å²) in [7, 11) is 0. The van der Waals surface area contributed by atoms with Crippen LogP contribution in [0.5, 0.6) is 0 Å². The van der Waals surface area contributed by atoms with Crippen LogP contribution in [0.25, 0.3) is 0 Å². The molecule has 3 rings (SSSR count). The van der Waals surface area contributed by atoms with E-state index in [-0.39, 0.29) is 6.04 Å². The Morgan fingerprint density at radius 3 is 3.11 bits per heavy atom. The van der Waals surface area contributed by atoms with Crippen LogP contribution in [0.15, 0.2) is 34.9 Å². The standard InChI is InChI=1S/C15H14BrClN2/c1-9-7-11(16)14(8-12(9)17)19-13-5-4-10-3-2-6-18-15(10)13/h2-3,6-8,13,19H,4-5H2,1H3. The van der Waals surface area contributed by atoms with E-state index in [1.807, 2.05) is 31.3 Å². The lowest BCUT2D eigenvalue weighted by Crippen LogP contribution is -2.09. The Bertz CT molecular complexity index is 628. The highest BCUT2D eigenvalue weighted by molar-refractivity contribution is 9.10. The first-order valence-electron chi connectivity index (χ1n) is 6.31. The van der Waals surface area contributed by atoms with Gasteiger partial charge in [0.2, 0.25) is 0 Å². The van der Waals surface area contributed by atoms with E-state index in [4.69, 9.17) is 11.6 Å². The highest BCUT2D eigenvalue weighted by Gasteiger charge is 2.23. The Balaban J connectivity index is 1.89. The van der Waals surface area contributed by atoms with Gasteiger partial charge >= 0.3 is 0 Å². The molecule has 0 fully saturated rings. The van der Waals surface area contributed by atoms with Crippen LogP contribution in [0.1, 0.15) is 29.3 Å². The Kier molecular flexibility index (Phi) is 3.50. The molecule has 2 nitrogen and oxygen atoms in total. The van der Waals surface area contributed by atoms with Gasteiger partial charge in [-0.1, -0.05) is 17.7 Å². The van der Waals surface area contributed by atoms with Crippen LogP contribution in [0.4, 0.5) is 5.69 Å². The monoisotopic (exact) mass is 336 g/mol. The molecule has 1 N–H and O–H groups in total. The summed E-state index contributed by atoms with van der Waals surface area (Å²) >= 11 is 9.78. The van der Waals surface area contributed by atoms with Crippen molar-refractivity contribution in [2.45, 2.75) is 25.8 Å². The molecule has 19 heavy (non-hydrogen) atoms. The number of pyridine rings is 1. The summed E-state index contributed by atoms with van der Waals surface area (Å²) in [4.78, 5) is 4.50. The number of benzene rings is 1. The molecule has 1 unspecified atom stereocenters. The number of rotatable bonds is 2. The molecule has 2 aromatic rings. The minimum absolute atomic E-state index is 0.270. The van der Waals surface area contributed by atoms with Gasteiger partial charge < -0.3 is 5.32 Å². The number of nitrogens with one attached hydrogen (secondary N) is 1. The molecular formula is C15H14BrClN2. The van der Waals surface area contributed by atoms with Crippen molar-refractivity contribution in [3.63, 3.8) is 0 Å². The topological polar surface area (TPSA) is 24.9 Å². The predicted molar refractivity (Wildman–Crippen MR) is 82.8 cm³/mol. The maximum Gasteiger partial charge on any atom is 0.0691 e. The lowest BCUT2D eigenvalue weighted by molar-refractivity contribution is 0.745. The maximum atomic E-state index is 6.20. The molecule has 0 aliphatic heterocycles. The average Bonchev–Trinajstić information content (AvgIpc) is 2.80. The molecule has 1 atom stereocenters. The first-order chi connectivity index (χ1) is 9.15. The fourth-order valence-corrected chi connectivity index (χ4v) is 3.23. The molecule has 98 valence electrons. The van der Waals surface area contributed by atoms with Gasteiger partial charge in [-0.05, 0) is 65.0 Å². The van der Waals surface area contributed by atoms with Gasteiger partial charge in [0.15, 0.2) is 0 Å². The van der Waals surface area contributed by atoms with Gasteiger partial charge in [-0.2, -0.15) is 0 Å². The molecule has 4 heteroatoms. The van der Waals surface area contributed by atoms with Crippen molar-refractivity contribution < 1.29 is 0 Å². The second kappa shape index (κ2) is 5.14. The summed E-state index contributed by atoms with van der Waals surface area (Å²) in [6, 6.07) is 8.44. The molecule has 0 saturated heterocycles. The van der Waals surface area contributed by atoms with Crippen LogP contribution in [-0.4, -0.2) is 4.98 Å². The van der Waals surface area contributed by atoms with Crippen LogP contribution in [0, 0.1) is 6.92 Å². The second-order valence-corrected chi connectivity index (χ2v) is 6.13. The van der Waals surface area contributed by atoms with E-state index < -0.39 is 0 Å². The number of aromatic nitrogens is 1. The first-order valence-corrected chi connectivity index (χ1v) is 7.48. The van der Waals surface area contributed by atoms with Crippen LogP contribution in [0.2, 0.25) is 5.02 Å². The molecule has 1 aromatic heterocycles. The second-order valence-electron chi connectivity index (χ2n) is 4.86. The number of hydrogen-bond donors (Lipinski definition) is 1. The summed E-state index contributed by atoms with van der Waals surface area (Å²) in [5.41, 5.74) is 4.60. The van der Waals surface area contributed by atoms with Crippen molar-refractivity contribution in [3.05, 3.63) is 56.8 Å². The third kappa shape index (κ3) is 2.49. The van der Waals surface area contributed by atoms with E-state index in [0.29, 0.717) is 0 Å². The minimum Gasteiger partial charge on any atom is -0.376 e. The fourth-order valence-electron chi connectivity index (χ4n) is 2.50. The largest absolute Gasteiger partial charge is 0.376 e. The quantitative estimate of drug-likeness (QED) is 0.842. The third-order valence-electron chi connectivity index (χ3n) is 3.54. The maximum absolute atomic E-state index is 6.20. The van der Waals surface area contributed by atoms with Crippen molar-refractivity contribution in [1.29, 1.82) is 0 Å².